The average Bonchev–Trinajstić information content (AvgIpc) is 3.09. The molecule has 6 rings (SSSR count). The summed E-state index contributed by atoms with van der Waals surface area (Å²) in [7, 11) is 0. The van der Waals surface area contributed by atoms with Crippen molar-refractivity contribution in [2.75, 3.05) is 0 Å². The van der Waals surface area contributed by atoms with Gasteiger partial charge in [-0.1, -0.05) is 218 Å². The van der Waals surface area contributed by atoms with Gasteiger partial charge in [0.2, 0.25) is 0 Å². The van der Waals surface area contributed by atoms with Crippen LogP contribution in [0.25, 0.3) is 36.5 Å². The standard InChI is InChI=1S/3C14H12/c3*1-3-7-13(8-4-1)11-12-14-9-5-2-6-10-14/h3*1-12H. The molecular formula is C42H36. The summed E-state index contributed by atoms with van der Waals surface area (Å²) in [5, 5.41) is 0. The van der Waals surface area contributed by atoms with Gasteiger partial charge in [0.15, 0.2) is 0 Å². The Morgan fingerprint density at radius 1 is 0.167 bits per heavy atom. The molecular weight excluding hydrogens is 504 g/mol. The van der Waals surface area contributed by atoms with E-state index in [4.69, 9.17) is 0 Å². The van der Waals surface area contributed by atoms with Crippen molar-refractivity contribution < 1.29 is 0 Å². The monoisotopic (exact) mass is 540 g/mol. The minimum absolute atomic E-state index is 1.23. The summed E-state index contributed by atoms with van der Waals surface area (Å²) in [5.74, 6) is 0. The summed E-state index contributed by atoms with van der Waals surface area (Å²) in [6.45, 7) is 0. The Balaban J connectivity index is 0.000000145. The predicted octanol–water partition coefficient (Wildman–Crippen LogP) is 11.6. The molecule has 0 saturated heterocycles. The highest BCUT2D eigenvalue weighted by molar-refractivity contribution is 5.70. The van der Waals surface area contributed by atoms with Gasteiger partial charge in [-0.25, -0.2) is 0 Å². The SMILES string of the molecule is C(=Cc1ccccc1)c1ccccc1.C(=Cc1ccccc1)c1ccccc1.C(=Cc1ccccc1)c1ccccc1. The molecule has 204 valence electrons. The number of hydrogen-bond acceptors (Lipinski definition) is 0. The maximum absolute atomic E-state index is 2.12. The molecule has 0 heterocycles. The van der Waals surface area contributed by atoms with Gasteiger partial charge in [-0.3, -0.25) is 0 Å². The summed E-state index contributed by atoms with van der Waals surface area (Å²) in [4.78, 5) is 0. The minimum Gasteiger partial charge on any atom is -0.0622 e. The average molecular weight is 541 g/mol. The van der Waals surface area contributed by atoms with E-state index in [2.05, 4.69) is 109 Å². The number of benzene rings is 6. The van der Waals surface area contributed by atoms with E-state index in [-0.39, 0.29) is 0 Å². The van der Waals surface area contributed by atoms with Crippen molar-refractivity contribution in [1.82, 2.24) is 0 Å². The van der Waals surface area contributed by atoms with Crippen molar-refractivity contribution in [1.29, 1.82) is 0 Å². The van der Waals surface area contributed by atoms with Crippen LogP contribution in [0.4, 0.5) is 0 Å². The van der Waals surface area contributed by atoms with Gasteiger partial charge < -0.3 is 0 Å². The second-order valence-corrected chi connectivity index (χ2v) is 9.46. The first-order chi connectivity index (χ1) is 20.8. The fraction of sp³-hybridized carbons (Fsp3) is 0. The van der Waals surface area contributed by atoms with Crippen LogP contribution in [0.1, 0.15) is 33.4 Å². The van der Waals surface area contributed by atoms with Crippen LogP contribution in [0.2, 0.25) is 0 Å². The second kappa shape index (κ2) is 18.0. The van der Waals surface area contributed by atoms with Crippen LogP contribution in [0.15, 0.2) is 182 Å². The first kappa shape index (κ1) is 29.5. The topological polar surface area (TPSA) is 0 Å². The third kappa shape index (κ3) is 11.7. The van der Waals surface area contributed by atoms with Crippen molar-refractivity contribution in [3.05, 3.63) is 215 Å². The highest BCUT2D eigenvalue weighted by Crippen LogP contribution is 2.09. The Morgan fingerprint density at radius 2 is 0.286 bits per heavy atom. The molecule has 0 aliphatic carbocycles. The van der Waals surface area contributed by atoms with Crippen molar-refractivity contribution in [2.45, 2.75) is 0 Å². The molecule has 0 N–H and O–H groups in total. The lowest BCUT2D eigenvalue weighted by Crippen LogP contribution is -1.70. The molecule has 0 bridgehead atoms. The van der Waals surface area contributed by atoms with Crippen LogP contribution in [-0.2, 0) is 0 Å². The maximum atomic E-state index is 2.12. The van der Waals surface area contributed by atoms with Gasteiger partial charge in [0.25, 0.3) is 0 Å². The van der Waals surface area contributed by atoms with Gasteiger partial charge in [-0.05, 0) is 33.4 Å². The van der Waals surface area contributed by atoms with E-state index >= 15 is 0 Å². The van der Waals surface area contributed by atoms with Crippen molar-refractivity contribution in [3.8, 4) is 0 Å². The third-order valence-electron chi connectivity index (χ3n) is 6.20. The highest BCUT2D eigenvalue weighted by Gasteiger charge is 1.86. The summed E-state index contributed by atoms with van der Waals surface area (Å²) >= 11 is 0. The smallest absolute Gasteiger partial charge is 0.0256 e. The van der Waals surface area contributed by atoms with E-state index in [9.17, 15) is 0 Å². The van der Waals surface area contributed by atoms with Crippen molar-refractivity contribution >= 4 is 36.5 Å². The van der Waals surface area contributed by atoms with Gasteiger partial charge in [0.1, 0.15) is 0 Å². The minimum atomic E-state index is 1.23. The zero-order valence-corrected chi connectivity index (χ0v) is 23.8. The summed E-state index contributed by atoms with van der Waals surface area (Å²) in [5.41, 5.74) is 7.40. The maximum Gasteiger partial charge on any atom is -0.0256 e. The molecule has 0 unspecified atom stereocenters. The lowest BCUT2D eigenvalue weighted by atomic mass is 10.1. The molecule has 6 aromatic rings. The second-order valence-electron chi connectivity index (χ2n) is 9.46. The molecule has 0 aromatic heterocycles. The predicted molar refractivity (Wildman–Crippen MR) is 185 cm³/mol. The normalized spacial score (nSPS) is 10.6. The van der Waals surface area contributed by atoms with E-state index in [0.29, 0.717) is 0 Å². The molecule has 0 aliphatic rings. The summed E-state index contributed by atoms with van der Waals surface area (Å²) in [6, 6.07) is 61.9. The Bertz CT molecular complexity index is 1270. The van der Waals surface area contributed by atoms with Crippen LogP contribution >= 0.6 is 0 Å². The molecule has 0 spiro atoms. The largest absolute Gasteiger partial charge is 0.0622 e. The lowest BCUT2D eigenvalue weighted by Gasteiger charge is -1.92. The van der Waals surface area contributed by atoms with E-state index in [1.165, 1.54) is 33.4 Å². The fourth-order valence-electron chi connectivity index (χ4n) is 3.96. The van der Waals surface area contributed by atoms with E-state index in [0.717, 1.165) is 0 Å². The van der Waals surface area contributed by atoms with Crippen molar-refractivity contribution in [3.63, 3.8) is 0 Å². The zero-order valence-electron chi connectivity index (χ0n) is 23.8. The van der Waals surface area contributed by atoms with E-state index < -0.39 is 0 Å². The number of hydrogen-bond donors (Lipinski definition) is 0. The van der Waals surface area contributed by atoms with E-state index in [1.807, 2.05) is 109 Å². The Kier molecular flexibility index (Phi) is 12.6. The Hall–Kier alpha value is -5.46. The van der Waals surface area contributed by atoms with Gasteiger partial charge in [-0.15, -0.1) is 0 Å². The molecule has 42 heavy (non-hydrogen) atoms. The lowest BCUT2D eigenvalue weighted by molar-refractivity contribution is 1.65. The number of rotatable bonds is 6. The van der Waals surface area contributed by atoms with Gasteiger partial charge >= 0.3 is 0 Å². The first-order valence-electron chi connectivity index (χ1n) is 14.2. The molecule has 0 amide bonds. The highest BCUT2D eigenvalue weighted by atomic mass is 13.9. The van der Waals surface area contributed by atoms with Crippen LogP contribution in [-0.4, -0.2) is 0 Å². The van der Waals surface area contributed by atoms with Gasteiger partial charge in [-0.2, -0.15) is 0 Å². The van der Waals surface area contributed by atoms with Gasteiger partial charge in [0, 0.05) is 0 Å². The Labute approximate surface area is 251 Å². The first-order valence-corrected chi connectivity index (χ1v) is 14.2. The molecule has 0 atom stereocenters. The molecule has 0 aliphatic heterocycles. The quantitative estimate of drug-likeness (QED) is 0.184. The molecule has 0 fully saturated rings. The molecule has 0 radical (unpaired) electrons. The van der Waals surface area contributed by atoms with Crippen LogP contribution < -0.4 is 0 Å². The molecule has 6 aromatic carbocycles. The molecule has 0 nitrogen and oxygen atoms in total. The van der Waals surface area contributed by atoms with Crippen LogP contribution in [0, 0.1) is 0 Å². The molecule has 0 heteroatoms. The summed E-state index contributed by atoms with van der Waals surface area (Å²) in [6.07, 6.45) is 12.7. The van der Waals surface area contributed by atoms with Crippen LogP contribution in [0.3, 0.4) is 0 Å². The zero-order chi connectivity index (χ0) is 28.9. The molecule has 0 saturated carbocycles. The summed E-state index contributed by atoms with van der Waals surface area (Å²) < 4.78 is 0. The van der Waals surface area contributed by atoms with E-state index in [1.54, 1.807) is 0 Å². The van der Waals surface area contributed by atoms with Gasteiger partial charge in [0.05, 0.1) is 0 Å². The van der Waals surface area contributed by atoms with Crippen molar-refractivity contribution in [2.24, 2.45) is 0 Å². The third-order valence-corrected chi connectivity index (χ3v) is 6.20. The Morgan fingerprint density at radius 3 is 0.405 bits per heavy atom. The van der Waals surface area contributed by atoms with Crippen LogP contribution in [0.5, 0.6) is 0 Å². The fourth-order valence-corrected chi connectivity index (χ4v) is 3.96.